The van der Waals surface area contributed by atoms with Crippen LogP contribution < -0.4 is 5.32 Å². The van der Waals surface area contributed by atoms with Crippen LogP contribution in [0.2, 0.25) is 5.02 Å². The molecule has 7 heteroatoms. The molecule has 1 atom stereocenters. The number of amides is 1. The van der Waals surface area contributed by atoms with Crippen molar-refractivity contribution < 1.29 is 24.9 Å². The Hall–Kier alpha value is -1.79. The Morgan fingerprint density at radius 1 is 1.39 bits per heavy atom. The number of carbonyl (C=O) groups is 2. The van der Waals surface area contributed by atoms with E-state index in [-0.39, 0.29) is 24.3 Å². The number of carbonyl (C=O) groups excluding carboxylic acids is 1. The first-order valence-electron chi connectivity index (χ1n) is 5.09. The van der Waals surface area contributed by atoms with Crippen LogP contribution in [0, 0.1) is 0 Å². The van der Waals surface area contributed by atoms with Crippen LogP contribution in [0.15, 0.2) is 18.2 Å². The summed E-state index contributed by atoms with van der Waals surface area (Å²) in [7, 11) is 0. The summed E-state index contributed by atoms with van der Waals surface area (Å²) >= 11 is 5.61. The third-order valence-electron chi connectivity index (χ3n) is 2.19. The molecule has 0 aromatic heterocycles. The normalized spacial score (nSPS) is 11.9. The van der Waals surface area contributed by atoms with Crippen molar-refractivity contribution in [3.8, 4) is 5.75 Å². The van der Waals surface area contributed by atoms with Gasteiger partial charge >= 0.3 is 5.97 Å². The van der Waals surface area contributed by atoms with Gasteiger partial charge in [0, 0.05) is 18.0 Å². The maximum absolute atomic E-state index is 11.6. The lowest BCUT2D eigenvalue weighted by Crippen LogP contribution is -2.30. The van der Waals surface area contributed by atoms with Gasteiger partial charge in [-0.05, 0) is 18.2 Å². The van der Waals surface area contributed by atoms with Gasteiger partial charge < -0.3 is 20.6 Å². The highest BCUT2D eigenvalue weighted by molar-refractivity contribution is 6.30. The first kappa shape index (κ1) is 14.3. The SMILES string of the molecule is O=C(NCC[C@H](O)C(=O)O)c1ccc(Cl)cc1O. The fourth-order valence-electron chi connectivity index (χ4n) is 1.24. The van der Waals surface area contributed by atoms with Crippen molar-refractivity contribution in [2.75, 3.05) is 6.54 Å². The van der Waals surface area contributed by atoms with Crippen LogP contribution >= 0.6 is 11.6 Å². The molecule has 0 aliphatic rings. The monoisotopic (exact) mass is 273 g/mol. The Balaban J connectivity index is 2.53. The van der Waals surface area contributed by atoms with E-state index in [4.69, 9.17) is 21.8 Å². The van der Waals surface area contributed by atoms with Gasteiger partial charge in [0.1, 0.15) is 5.75 Å². The molecular weight excluding hydrogens is 262 g/mol. The Labute approximate surface area is 108 Å². The van der Waals surface area contributed by atoms with E-state index < -0.39 is 18.0 Å². The molecule has 0 radical (unpaired) electrons. The van der Waals surface area contributed by atoms with E-state index in [1.165, 1.54) is 18.2 Å². The van der Waals surface area contributed by atoms with E-state index in [2.05, 4.69) is 5.32 Å². The molecule has 0 bridgehead atoms. The molecule has 0 saturated carbocycles. The van der Waals surface area contributed by atoms with Crippen LogP contribution in [0.1, 0.15) is 16.8 Å². The molecule has 98 valence electrons. The summed E-state index contributed by atoms with van der Waals surface area (Å²) in [6.45, 7) is -0.0195. The van der Waals surface area contributed by atoms with Crippen LogP contribution in [-0.4, -0.2) is 39.8 Å². The molecule has 0 fully saturated rings. The lowest BCUT2D eigenvalue weighted by molar-refractivity contribution is -0.146. The molecule has 1 aromatic rings. The van der Waals surface area contributed by atoms with Gasteiger partial charge in [0.05, 0.1) is 5.56 Å². The molecule has 0 heterocycles. The number of phenolic OH excluding ortho intramolecular Hbond substituents is 1. The smallest absolute Gasteiger partial charge is 0.332 e. The van der Waals surface area contributed by atoms with E-state index in [1.54, 1.807) is 0 Å². The largest absolute Gasteiger partial charge is 0.507 e. The molecule has 0 spiro atoms. The van der Waals surface area contributed by atoms with Crippen LogP contribution in [0.4, 0.5) is 0 Å². The zero-order valence-electron chi connectivity index (χ0n) is 9.26. The number of aliphatic hydroxyl groups excluding tert-OH is 1. The summed E-state index contributed by atoms with van der Waals surface area (Å²) in [6, 6.07) is 4.02. The van der Waals surface area contributed by atoms with Crippen LogP contribution in [0.25, 0.3) is 0 Å². The number of aliphatic hydroxyl groups is 1. The average Bonchev–Trinajstić information content (AvgIpc) is 2.28. The number of halogens is 1. The maximum Gasteiger partial charge on any atom is 0.332 e. The second-order valence-corrected chi connectivity index (χ2v) is 4.00. The van der Waals surface area contributed by atoms with E-state index in [0.29, 0.717) is 5.02 Å². The molecule has 1 rings (SSSR count). The Kier molecular flexibility index (Phi) is 4.94. The fourth-order valence-corrected chi connectivity index (χ4v) is 1.40. The molecule has 0 saturated heterocycles. The number of aliphatic carboxylic acids is 1. The summed E-state index contributed by atoms with van der Waals surface area (Å²) in [5.41, 5.74) is 0.0317. The highest BCUT2D eigenvalue weighted by atomic mass is 35.5. The van der Waals surface area contributed by atoms with E-state index >= 15 is 0 Å². The van der Waals surface area contributed by atoms with Crippen molar-refractivity contribution in [3.05, 3.63) is 28.8 Å². The number of nitrogens with one attached hydrogen (secondary N) is 1. The molecule has 1 amide bonds. The van der Waals surface area contributed by atoms with Crippen LogP contribution in [-0.2, 0) is 4.79 Å². The molecule has 0 aliphatic heterocycles. The number of carboxylic acids is 1. The predicted octanol–water partition coefficient (Wildman–Crippen LogP) is 0.611. The average molecular weight is 274 g/mol. The first-order valence-corrected chi connectivity index (χ1v) is 5.47. The van der Waals surface area contributed by atoms with Gasteiger partial charge in [-0.2, -0.15) is 0 Å². The van der Waals surface area contributed by atoms with Crippen molar-refractivity contribution in [2.24, 2.45) is 0 Å². The third kappa shape index (κ3) is 3.90. The van der Waals surface area contributed by atoms with Crippen LogP contribution in [0.5, 0.6) is 5.75 Å². The number of rotatable bonds is 5. The zero-order valence-corrected chi connectivity index (χ0v) is 10.0. The number of aromatic hydroxyl groups is 1. The quantitative estimate of drug-likeness (QED) is 0.629. The van der Waals surface area contributed by atoms with Gasteiger partial charge in [0.2, 0.25) is 0 Å². The van der Waals surface area contributed by atoms with Gasteiger partial charge in [-0.15, -0.1) is 0 Å². The Morgan fingerprint density at radius 2 is 2.06 bits per heavy atom. The first-order chi connectivity index (χ1) is 8.41. The lowest BCUT2D eigenvalue weighted by Gasteiger charge is -2.08. The van der Waals surface area contributed by atoms with Crippen molar-refractivity contribution >= 4 is 23.5 Å². The second kappa shape index (κ2) is 6.23. The minimum Gasteiger partial charge on any atom is -0.507 e. The molecular formula is C11H12ClNO5. The second-order valence-electron chi connectivity index (χ2n) is 3.56. The van der Waals surface area contributed by atoms with E-state index in [9.17, 15) is 14.7 Å². The number of benzene rings is 1. The van der Waals surface area contributed by atoms with E-state index in [1.807, 2.05) is 0 Å². The maximum atomic E-state index is 11.6. The lowest BCUT2D eigenvalue weighted by atomic mass is 10.2. The van der Waals surface area contributed by atoms with E-state index in [0.717, 1.165) is 0 Å². The van der Waals surface area contributed by atoms with Gasteiger partial charge in [-0.1, -0.05) is 11.6 Å². The summed E-state index contributed by atoms with van der Waals surface area (Å²) < 4.78 is 0. The van der Waals surface area contributed by atoms with Gasteiger partial charge in [-0.3, -0.25) is 4.79 Å². The summed E-state index contributed by atoms with van der Waals surface area (Å²) in [5, 5.41) is 29.6. The molecule has 1 aromatic carbocycles. The minimum absolute atomic E-state index is 0.0195. The topological polar surface area (TPSA) is 107 Å². The zero-order chi connectivity index (χ0) is 13.7. The third-order valence-corrected chi connectivity index (χ3v) is 2.43. The highest BCUT2D eigenvalue weighted by Gasteiger charge is 2.15. The number of hydrogen-bond acceptors (Lipinski definition) is 4. The summed E-state index contributed by atoms with van der Waals surface area (Å²) in [5.74, 6) is -2.18. The van der Waals surface area contributed by atoms with Gasteiger partial charge in [-0.25, -0.2) is 4.79 Å². The van der Waals surface area contributed by atoms with Crippen molar-refractivity contribution in [3.63, 3.8) is 0 Å². The molecule has 4 N–H and O–H groups in total. The summed E-state index contributed by atoms with van der Waals surface area (Å²) in [4.78, 5) is 21.9. The number of phenols is 1. The fraction of sp³-hybridized carbons (Fsp3) is 0.273. The molecule has 18 heavy (non-hydrogen) atoms. The minimum atomic E-state index is -1.52. The standard InChI is InChI=1S/C11H12ClNO5/c12-6-1-2-7(9(15)5-6)10(16)13-4-3-8(14)11(17)18/h1-2,5,8,14-15H,3-4H2,(H,13,16)(H,17,18)/t8-/m0/s1. The molecule has 0 unspecified atom stereocenters. The van der Waals surface area contributed by atoms with Crippen molar-refractivity contribution in [1.29, 1.82) is 0 Å². The summed E-state index contributed by atoms with van der Waals surface area (Å²) in [6.07, 6.45) is -1.64. The highest BCUT2D eigenvalue weighted by Crippen LogP contribution is 2.21. The Morgan fingerprint density at radius 3 is 2.61 bits per heavy atom. The van der Waals surface area contributed by atoms with Crippen molar-refractivity contribution in [1.82, 2.24) is 5.32 Å². The Bertz CT molecular complexity index is 463. The predicted molar refractivity (Wildman–Crippen MR) is 63.7 cm³/mol. The van der Waals surface area contributed by atoms with Crippen molar-refractivity contribution in [2.45, 2.75) is 12.5 Å². The molecule has 6 nitrogen and oxygen atoms in total. The van der Waals surface area contributed by atoms with Gasteiger partial charge in [0.15, 0.2) is 6.10 Å². The number of hydrogen-bond donors (Lipinski definition) is 4. The molecule has 0 aliphatic carbocycles. The van der Waals surface area contributed by atoms with Crippen LogP contribution in [0.3, 0.4) is 0 Å². The number of carboxylic acid groups (broad SMARTS) is 1. The van der Waals surface area contributed by atoms with Gasteiger partial charge in [0.25, 0.3) is 5.91 Å².